The summed E-state index contributed by atoms with van der Waals surface area (Å²) in [5.74, 6) is -18.8. The van der Waals surface area contributed by atoms with Crippen LogP contribution in [0.5, 0.6) is 11.5 Å². The average Bonchev–Trinajstić information content (AvgIpc) is 3.31. The third kappa shape index (κ3) is 8.20. The van der Waals surface area contributed by atoms with E-state index >= 15 is 0 Å². The molecule has 0 saturated heterocycles. The topological polar surface area (TPSA) is 419 Å². The fourth-order valence-corrected chi connectivity index (χ4v) is 11.9. The van der Waals surface area contributed by atoms with Crippen LogP contribution in [-0.4, -0.2) is 137 Å². The van der Waals surface area contributed by atoms with E-state index in [1.165, 1.54) is 50.2 Å². The standard InChI is InChI=1S/C50H56N6O17/c1-48(71)20-7-5-9-25(57)30(20)40(63)32-22(48)17-19-29(38(32)61)39(62)34(46(51)69)42(65)36(19)55-15-13-53-27(59)11-3-4-12-28(60)54-14-16-56-37-24-18-23-33(41(64)31-21(49(23,2)72)8-6-10-26(31)58)44(67)50(24,73)45(68)35(43(37)66)47(52)70/h5-10,19,22-24,29,36-37,55-58,63-65,68,71-73H,3-4,11-18H2,1-2H3,(H2,51,69)(H2,52,70)(H,53,59)(H,54,60)/t19-,22+,23+,24+,29?,36+,37+,48-,49-,50+/m1/s1. The van der Waals surface area contributed by atoms with Crippen molar-refractivity contribution in [3.8, 4) is 11.5 Å². The van der Waals surface area contributed by atoms with Crippen LogP contribution in [0.1, 0.15) is 74.6 Å². The van der Waals surface area contributed by atoms with E-state index in [0.29, 0.717) is 0 Å². The van der Waals surface area contributed by atoms with Gasteiger partial charge < -0.3 is 78.7 Å². The molecule has 2 saturated carbocycles. The molecular formula is C50H56N6O17. The van der Waals surface area contributed by atoms with Gasteiger partial charge >= 0.3 is 0 Å². The zero-order valence-electron chi connectivity index (χ0n) is 39.5. The van der Waals surface area contributed by atoms with Crippen molar-refractivity contribution in [3.05, 3.63) is 92.5 Å². The number of aromatic hydroxyl groups is 2. The first kappa shape index (κ1) is 51.9. The fraction of sp³-hybridized carbons (Fsp3) is 0.440. The van der Waals surface area contributed by atoms with Gasteiger partial charge in [-0.05, 0) is 68.7 Å². The minimum absolute atomic E-state index is 0.0139. The van der Waals surface area contributed by atoms with Crippen molar-refractivity contribution in [1.82, 2.24) is 21.3 Å². The van der Waals surface area contributed by atoms with Gasteiger partial charge in [0.1, 0.15) is 45.7 Å². The van der Waals surface area contributed by atoms with Crippen LogP contribution in [0.15, 0.2) is 70.2 Å². The third-order valence-corrected chi connectivity index (χ3v) is 15.5. The first-order chi connectivity index (χ1) is 34.3. The number of unbranched alkanes of at least 4 members (excludes halogenated alkanes) is 1. The fourth-order valence-electron chi connectivity index (χ4n) is 11.9. The third-order valence-electron chi connectivity index (χ3n) is 15.5. The molecule has 0 spiro atoms. The summed E-state index contributed by atoms with van der Waals surface area (Å²) >= 11 is 0. The van der Waals surface area contributed by atoms with Gasteiger partial charge in [-0.15, -0.1) is 0 Å². The van der Waals surface area contributed by atoms with E-state index in [9.17, 15) is 84.3 Å². The van der Waals surface area contributed by atoms with Gasteiger partial charge in [0, 0.05) is 67.9 Å². The molecule has 23 nitrogen and oxygen atoms in total. The summed E-state index contributed by atoms with van der Waals surface area (Å²) in [7, 11) is 0. The van der Waals surface area contributed by atoms with Gasteiger partial charge in [-0.3, -0.25) is 38.4 Å². The maximum absolute atomic E-state index is 14.2. The number of hydrogen-bond acceptors (Lipinski definition) is 19. The molecule has 4 amide bonds. The lowest BCUT2D eigenvalue weighted by Gasteiger charge is -2.52. The second-order valence-electron chi connectivity index (χ2n) is 19.7. The highest BCUT2D eigenvalue weighted by Crippen LogP contribution is 2.58. The Morgan fingerprint density at radius 1 is 0.616 bits per heavy atom. The van der Waals surface area contributed by atoms with Gasteiger partial charge in [0.15, 0.2) is 23.0 Å². The molecule has 10 atom stereocenters. The molecule has 2 aromatic carbocycles. The molecule has 0 aliphatic heterocycles. The van der Waals surface area contributed by atoms with Crippen LogP contribution in [0.4, 0.5) is 0 Å². The molecular weight excluding hydrogens is 957 g/mol. The average molecular weight is 1010 g/mol. The molecule has 6 aliphatic rings. The molecule has 0 radical (unpaired) electrons. The number of amides is 4. The monoisotopic (exact) mass is 1010 g/mol. The molecule has 8 rings (SSSR count). The lowest BCUT2D eigenvalue weighted by atomic mass is 9.54. The highest BCUT2D eigenvalue weighted by Gasteiger charge is 2.66. The summed E-state index contributed by atoms with van der Waals surface area (Å²) < 4.78 is 0. The number of primary amides is 2. The first-order valence-corrected chi connectivity index (χ1v) is 23.6. The lowest BCUT2D eigenvalue weighted by molar-refractivity contribution is -0.155. The number of hydrogen-bond donors (Lipinski definition) is 15. The molecule has 17 N–H and O–H groups in total. The molecule has 6 aliphatic carbocycles. The molecule has 73 heavy (non-hydrogen) atoms. The Hall–Kier alpha value is -7.44. The van der Waals surface area contributed by atoms with Crippen molar-refractivity contribution in [2.24, 2.45) is 41.1 Å². The second-order valence-corrected chi connectivity index (χ2v) is 19.7. The Balaban J connectivity index is 0.826. The quantitative estimate of drug-likeness (QED) is 0.0578. The van der Waals surface area contributed by atoms with Crippen LogP contribution in [0.3, 0.4) is 0 Å². The van der Waals surface area contributed by atoms with Crippen molar-refractivity contribution in [3.63, 3.8) is 0 Å². The van der Waals surface area contributed by atoms with Gasteiger partial charge in [0.05, 0.1) is 40.3 Å². The number of carbonyl (C=O) groups excluding carboxylic acids is 8. The molecule has 2 fully saturated rings. The zero-order valence-corrected chi connectivity index (χ0v) is 39.5. The maximum atomic E-state index is 14.2. The number of nitrogens with two attached hydrogens (primary N) is 2. The van der Waals surface area contributed by atoms with Gasteiger partial charge in [-0.25, -0.2) is 0 Å². The van der Waals surface area contributed by atoms with Gasteiger partial charge in [0.2, 0.25) is 17.6 Å². The predicted molar refractivity (Wildman–Crippen MR) is 252 cm³/mol. The number of nitrogens with one attached hydrogen (secondary N) is 4. The molecule has 0 aromatic heterocycles. The van der Waals surface area contributed by atoms with E-state index in [2.05, 4.69) is 21.3 Å². The van der Waals surface area contributed by atoms with E-state index in [1.54, 1.807) is 0 Å². The minimum Gasteiger partial charge on any atom is -0.510 e. The summed E-state index contributed by atoms with van der Waals surface area (Å²) in [4.78, 5) is 106. The Bertz CT molecular complexity index is 2930. The summed E-state index contributed by atoms with van der Waals surface area (Å²) in [6, 6.07) is 5.45. The van der Waals surface area contributed by atoms with E-state index in [0.717, 1.165) is 0 Å². The maximum Gasteiger partial charge on any atom is 0.255 e. The van der Waals surface area contributed by atoms with E-state index in [1.807, 2.05) is 0 Å². The van der Waals surface area contributed by atoms with Crippen LogP contribution in [0.2, 0.25) is 0 Å². The van der Waals surface area contributed by atoms with Crippen molar-refractivity contribution in [2.75, 3.05) is 26.2 Å². The molecule has 388 valence electrons. The highest BCUT2D eigenvalue weighted by molar-refractivity contribution is 6.29. The second kappa shape index (κ2) is 18.9. The summed E-state index contributed by atoms with van der Waals surface area (Å²) in [5, 5.41) is 113. The number of ketones is 4. The Morgan fingerprint density at radius 3 is 1.60 bits per heavy atom. The summed E-state index contributed by atoms with van der Waals surface area (Å²) in [6.45, 7) is 2.35. The van der Waals surface area contributed by atoms with E-state index < -0.39 is 163 Å². The van der Waals surface area contributed by atoms with E-state index in [-0.39, 0.29) is 86.1 Å². The largest absolute Gasteiger partial charge is 0.510 e. The highest BCUT2D eigenvalue weighted by atomic mass is 16.4. The Morgan fingerprint density at radius 2 is 1.10 bits per heavy atom. The van der Waals surface area contributed by atoms with Crippen molar-refractivity contribution >= 4 is 58.3 Å². The summed E-state index contributed by atoms with van der Waals surface area (Å²) in [6.07, 6.45) is -0.0696. The number of aliphatic hydroxyl groups excluding tert-OH is 4. The lowest BCUT2D eigenvalue weighted by Crippen LogP contribution is -2.67. The van der Waals surface area contributed by atoms with Crippen LogP contribution in [0, 0.1) is 29.6 Å². The van der Waals surface area contributed by atoms with Crippen LogP contribution >= 0.6 is 0 Å². The predicted octanol–water partition coefficient (Wildman–Crippen LogP) is -0.994. The van der Waals surface area contributed by atoms with Crippen molar-refractivity contribution in [1.29, 1.82) is 0 Å². The van der Waals surface area contributed by atoms with Crippen LogP contribution in [-0.2, 0) is 49.6 Å². The first-order valence-electron chi connectivity index (χ1n) is 23.6. The number of phenols is 2. The zero-order chi connectivity index (χ0) is 53.4. The Labute approximate surface area is 415 Å². The van der Waals surface area contributed by atoms with Crippen molar-refractivity contribution < 1.29 is 84.3 Å². The number of fused-ring (bicyclic) bond motifs is 6. The molecule has 1 unspecified atom stereocenters. The number of Topliss-reactive ketones (excluding diaryl/α,β-unsaturated/α-hetero) is 4. The number of phenolic OH excluding ortho intramolecular Hbond substituents is 2. The molecule has 23 heteroatoms. The number of aliphatic hydroxyl groups is 7. The number of benzene rings is 2. The molecule has 0 heterocycles. The Kier molecular flexibility index (Phi) is 13.4. The summed E-state index contributed by atoms with van der Waals surface area (Å²) in [5.41, 5.74) is 1.19. The van der Waals surface area contributed by atoms with Gasteiger partial charge in [-0.2, -0.15) is 0 Å². The minimum atomic E-state index is -2.98. The van der Waals surface area contributed by atoms with Crippen LogP contribution < -0.4 is 32.7 Å². The van der Waals surface area contributed by atoms with Gasteiger partial charge in [0.25, 0.3) is 11.8 Å². The van der Waals surface area contributed by atoms with E-state index in [4.69, 9.17) is 11.5 Å². The van der Waals surface area contributed by atoms with Gasteiger partial charge in [-0.1, -0.05) is 24.3 Å². The smallest absolute Gasteiger partial charge is 0.255 e. The number of rotatable bonds is 15. The SMILES string of the molecule is C[C@@]1(O)c2cccc(O)c2C(O)=C2C(=O)C3C(=O)C(C(N)=O)=C(O)[C@@H](NCCNC(=O)CCCCC(=O)NCCN[C@@H]4C(=O)C(C(N)=O)=C(O)[C@@]5(O)C(=O)C6=C(O)c7c(O)cccc7[C@@](C)(O)[C@H]6C[C@@H]45)[C@@H]3C[C@@H]21. The normalized spacial score (nSPS) is 30.5. The molecule has 0 bridgehead atoms. The van der Waals surface area contributed by atoms with Crippen LogP contribution in [0.25, 0.3) is 11.5 Å². The van der Waals surface area contributed by atoms with Crippen molar-refractivity contribution in [2.45, 2.75) is 81.3 Å². The number of carbonyl (C=O) groups is 8. The molecule has 2 aromatic rings.